The third kappa shape index (κ3) is 0.919. The van der Waals surface area contributed by atoms with Gasteiger partial charge in [0.25, 0.3) is 0 Å². The first-order chi connectivity index (χ1) is 6.45. The first-order valence-corrected chi connectivity index (χ1v) is 4.62. The van der Waals surface area contributed by atoms with Crippen LogP contribution >= 0.6 is 0 Å². The van der Waals surface area contributed by atoms with Gasteiger partial charge < -0.3 is 0 Å². The average molecular weight is 166 g/mol. The van der Waals surface area contributed by atoms with Gasteiger partial charge in [-0.2, -0.15) is 0 Å². The topological polar surface area (TPSA) is 0 Å². The van der Waals surface area contributed by atoms with Crippen molar-refractivity contribution >= 4 is 6.08 Å². The van der Waals surface area contributed by atoms with Crippen molar-refractivity contribution in [3.8, 4) is 11.1 Å². The second-order valence-electron chi connectivity index (χ2n) is 3.47. The van der Waals surface area contributed by atoms with E-state index in [2.05, 4.69) is 48.6 Å². The van der Waals surface area contributed by atoms with E-state index in [0.717, 1.165) is 6.42 Å². The van der Waals surface area contributed by atoms with Crippen LogP contribution in [0.1, 0.15) is 11.1 Å². The van der Waals surface area contributed by atoms with Gasteiger partial charge in [0.2, 0.25) is 0 Å². The standard InChI is InChI=1S/C13H10/c1-4-10-6-2-8-12(10)13-9-3-7-11(13)5-1/h1-6,8-9H,7H2. The zero-order chi connectivity index (χ0) is 8.67. The Labute approximate surface area is 77.9 Å². The number of rotatable bonds is 0. The minimum atomic E-state index is 1.09. The van der Waals surface area contributed by atoms with Gasteiger partial charge in [0.1, 0.15) is 0 Å². The highest BCUT2D eigenvalue weighted by Gasteiger charge is 2.10. The summed E-state index contributed by atoms with van der Waals surface area (Å²) < 4.78 is 0. The van der Waals surface area contributed by atoms with Crippen LogP contribution in [0.2, 0.25) is 0 Å². The highest BCUT2D eigenvalue weighted by molar-refractivity contribution is 5.80. The molecule has 0 amide bonds. The molecule has 0 heteroatoms. The Morgan fingerprint density at radius 3 is 2.69 bits per heavy atom. The molecule has 0 nitrogen and oxygen atoms in total. The smallest absolute Gasteiger partial charge is 0.00879 e. The second kappa shape index (κ2) is 2.46. The summed E-state index contributed by atoms with van der Waals surface area (Å²) in [5.41, 5.74) is 5.58. The first-order valence-electron chi connectivity index (χ1n) is 4.62. The molecule has 0 saturated carbocycles. The lowest BCUT2D eigenvalue weighted by Crippen LogP contribution is -1.77. The molecule has 3 aliphatic carbocycles. The fraction of sp³-hybridized carbons (Fsp3) is 0.0769. The quantitative estimate of drug-likeness (QED) is 0.563. The van der Waals surface area contributed by atoms with Crippen LogP contribution in [0.5, 0.6) is 0 Å². The average Bonchev–Trinajstić information content (AvgIpc) is 2.72. The largest absolute Gasteiger partial charge is 0.0795 e. The third-order valence-electron chi connectivity index (χ3n) is 2.68. The molecular formula is C13H10. The van der Waals surface area contributed by atoms with Gasteiger partial charge in [0.15, 0.2) is 0 Å². The first kappa shape index (κ1) is 6.90. The molecular weight excluding hydrogens is 156 g/mol. The van der Waals surface area contributed by atoms with Crippen molar-refractivity contribution in [2.24, 2.45) is 0 Å². The molecule has 3 rings (SSSR count). The van der Waals surface area contributed by atoms with E-state index in [9.17, 15) is 0 Å². The van der Waals surface area contributed by atoms with Crippen molar-refractivity contribution in [3.63, 3.8) is 0 Å². The minimum Gasteiger partial charge on any atom is -0.0795 e. The maximum absolute atomic E-state index is 2.23. The predicted octanol–water partition coefficient (Wildman–Crippen LogP) is 3.36. The van der Waals surface area contributed by atoms with E-state index in [1.54, 1.807) is 0 Å². The summed E-state index contributed by atoms with van der Waals surface area (Å²) in [7, 11) is 0. The summed E-state index contributed by atoms with van der Waals surface area (Å²) in [4.78, 5) is 0. The lowest BCUT2D eigenvalue weighted by Gasteiger charge is -1.97. The summed E-state index contributed by atoms with van der Waals surface area (Å²) in [6.45, 7) is 0. The maximum Gasteiger partial charge on any atom is -0.00879 e. The van der Waals surface area contributed by atoms with Gasteiger partial charge in [-0.3, -0.25) is 0 Å². The number of hydrogen-bond donors (Lipinski definition) is 0. The molecule has 0 radical (unpaired) electrons. The van der Waals surface area contributed by atoms with Crippen LogP contribution in [-0.4, -0.2) is 0 Å². The summed E-state index contributed by atoms with van der Waals surface area (Å²) >= 11 is 0. The minimum absolute atomic E-state index is 1.09. The molecule has 0 spiro atoms. The molecule has 0 heterocycles. The molecule has 0 atom stereocenters. The molecule has 0 saturated heterocycles. The molecule has 0 aromatic rings. The Morgan fingerprint density at radius 2 is 1.77 bits per heavy atom. The summed E-state index contributed by atoms with van der Waals surface area (Å²) in [5, 5.41) is 0. The van der Waals surface area contributed by atoms with Crippen molar-refractivity contribution in [1.82, 2.24) is 0 Å². The van der Waals surface area contributed by atoms with Crippen molar-refractivity contribution in [2.45, 2.75) is 6.42 Å². The van der Waals surface area contributed by atoms with Gasteiger partial charge >= 0.3 is 0 Å². The van der Waals surface area contributed by atoms with E-state index >= 15 is 0 Å². The Kier molecular flexibility index (Phi) is 1.31. The Bertz CT molecular complexity index is 452. The van der Waals surface area contributed by atoms with Gasteiger partial charge in [-0.05, 0) is 28.7 Å². The van der Waals surface area contributed by atoms with E-state index in [4.69, 9.17) is 0 Å². The van der Waals surface area contributed by atoms with E-state index in [-0.39, 0.29) is 0 Å². The lowest BCUT2D eigenvalue weighted by molar-refractivity contribution is 1.33. The van der Waals surface area contributed by atoms with Crippen molar-refractivity contribution in [2.75, 3.05) is 0 Å². The number of hydrogen-bond acceptors (Lipinski definition) is 0. The van der Waals surface area contributed by atoms with E-state index in [1.165, 1.54) is 22.3 Å². The van der Waals surface area contributed by atoms with Gasteiger partial charge in [-0.25, -0.2) is 0 Å². The van der Waals surface area contributed by atoms with Crippen LogP contribution in [0.4, 0.5) is 0 Å². The molecule has 13 heavy (non-hydrogen) atoms. The molecule has 0 fully saturated rings. The van der Waals surface area contributed by atoms with Crippen molar-refractivity contribution in [3.05, 3.63) is 53.6 Å². The number of fused-ring (bicyclic) bond motifs is 3. The zero-order valence-corrected chi connectivity index (χ0v) is 7.33. The summed E-state index contributed by atoms with van der Waals surface area (Å²) in [6, 6.07) is 13.0. The molecule has 0 aromatic carbocycles. The van der Waals surface area contributed by atoms with Crippen LogP contribution < -0.4 is 0 Å². The van der Waals surface area contributed by atoms with Crippen LogP contribution in [-0.2, 0) is 6.42 Å². The van der Waals surface area contributed by atoms with Gasteiger partial charge in [-0.15, -0.1) is 0 Å². The highest BCUT2D eigenvalue weighted by Crippen LogP contribution is 2.32. The fourth-order valence-electron chi connectivity index (χ4n) is 2.03. The van der Waals surface area contributed by atoms with E-state index < -0.39 is 0 Å². The lowest BCUT2D eigenvalue weighted by atomic mass is 10.1. The number of allylic oxidation sites excluding steroid dienone is 1. The maximum atomic E-state index is 2.23. The van der Waals surface area contributed by atoms with Crippen LogP contribution in [0.15, 0.2) is 42.5 Å². The Balaban J connectivity index is 2.42. The van der Waals surface area contributed by atoms with E-state index in [0.29, 0.717) is 0 Å². The molecule has 0 aliphatic heterocycles. The molecule has 0 aromatic heterocycles. The highest BCUT2D eigenvalue weighted by atomic mass is 14.1. The normalized spacial score (nSPS) is 13.5. The molecule has 62 valence electrons. The van der Waals surface area contributed by atoms with Gasteiger partial charge in [-0.1, -0.05) is 48.6 Å². The summed E-state index contributed by atoms with van der Waals surface area (Å²) in [5.74, 6) is 0. The zero-order valence-electron chi connectivity index (χ0n) is 7.33. The Hall–Kier alpha value is -1.56. The fourth-order valence-corrected chi connectivity index (χ4v) is 2.03. The summed E-state index contributed by atoms with van der Waals surface area (Å²) in [6.07, 6.45) is 5.55. The monoisotopic (exact) mass is 166 g/mol. The van der Waals surface area contributed by atoms with Gasteiger partial charge in [0.05, 0.1) is 0 Å². The van der Waals surface area contributed by atoms with Gasteiger partial charge in [0, 0.05) is 0 Å². The molecule has 0 unspecified atom stereocenters. The Morgan fingerprint density at radius 1 is 0.923 bits per heavy atom. The molecule has 0 N–H and O–H groups in total. The molecule has 3 aliphatic rings. The van der Waals surface area contributed by atoms with Crippen molar-refractivity contribution in [1.29, 1.82) is 0 Å². The van der Waals surface area contributed by atoms with Crippen LogP contribution in [0.3, 0.4) is 0 Å². The third-order valence-corrected chi connectivity index (χ3v) is 2.68. The second-order valence-corrected chi connectivity index (χ2v) is 3.47. The van der Waals surface area contributed by atoms with E-state index in [1.807, 2.05) is 0 Å². The van der Waals surface area contributed by atoms with Crippen molar-refractivity contribution < 1.29 is 0 Å². The van der Waals surface area contributed by atoms with Crippen LogP contribution in [0.25, 0.3) is 17.2 Å². The van der Waals surface area contributed by atoms with Crippen LogP contribution in [0, 0.1) is 0 Å². The molecule has 0 bridgehead atoms. The predicted molar refractivity (Wildman–Crippen MR) is 55.8 cm³/mol. The SMILES string of the molecule is C1=Cc2c(cccc3cccc2-3)C1.